The summed E-state index contributed by atoms with van der Waals surface area (Å²) in [7, 11) is 0. The van der Waals surface area contributed by atoms with Crippen molar-refractivity contribution in [1.29, 1.82) is 0 Å². The van der Waals surface area contributed by atoms with Crippen LogP contribution in [0.25, 0.3) is 0 Å². The lowest BCUT2D eigenvalue weighted by atomic mass is 9.89. The number of hydrogen-bond acceptors (Lipinski definition) is 3. The Morgan fingerprint density at radius 1 is 1.20 bits per heavy atom. The predicted molar refractivity (Wildman–Crippen MR) is 87.2 cm³/mol. The van der Waals surface area contributed by atoms with Crippen LogP contribution in [0.5, 0.6) is 0 Å². The monoisotopic (exact) mass is 281 g/mol. The number of nitrogens with one attached hydrogen (secondary N) is 1. The van der Waals surface area contributed by atoms with Gasteiger partial charge in [-0.3, -0.25) is 9.80 Å². The van der Waals surface area contributed by atoms with E-state index in [2.05, 4.69) is 49.7 Å². The van der Waals surface area contributed by atoms with Gasteiger partial charge < -0.3 is 5.32 Å². The van der Waals surface area contributed by atoms with Crippen molar-refractivity contribution in [1.82, 2.24) is 15.1 Å². The minimum Gasteiger partial charge on any atom is -0.314 e. The third-order valence-corrected chi connectivity index (χ3v) is 4.94. The molecule has 2 rings (SSSR count). The van der Waals surface area contributed by atoms with E-state index in [1.54, 1.807) is 0 Å². The van der Waals surface area contributed by atoms with Crippen molar-refractivity contribution in [2.75, 3.05) is 32.7 Å². The van der Waals surface area contributed by atoms with Crippen LogP contribution in [0.15, 0.2) is 0 Å². The number of piperidine rings is 1. The fourth-order valence-electron chi connectivity index (χ4n) is 3.72. The topological polar surface area (TPSA) is 18.5 Å². The largest absolute Gasteiger partial charge is 0.314 e. The molecule has 0 aromatic rings. The van der Waals surface area contributed by atoms with Gasteiger partial charge in [-0.1, -0.05) is 34.1 Å². The SMILES string of the molecule is CC(C)NCC(C)(C)CN1CC2CCCCN2CC1C. The zero-order valence-electron chi connectivity index (χ0n) is 14.3. The summed E-state index contributed by atoms with van der Waals surface area (Å²) in [5.74, 6) is 0. The van der Waals surface area contributed by atoms with Crippen LogP contribution in [-0.2, 0) is 0 Å². The van der Waals surface area contributed by atoms with E-state index in [0.717, 1.165) is 12.6 Å². The number of hydrogen-bond donors (Lipinski definition) is 1. The zero-order chi connectivity index (χ0) is 14.8. The smallest absolute Gasteiger partial charge is 0.0223 e. The van der Waals surface area contributed by atoms with E-state index in [0.29, 0.717) is 17.5 Å². The van der Waals surface area contributed by atoms with Gasteiger partial charge in [0.1, 0.15) is 0 Å². The molecule has 0 spiro atoms. The van der Waals surface area contributed by atoms with E-state index in [-0.39, 0.29) is 0 Å². The Labute approximate surface area is 126 Å². The molecule has 118 valence electrons. The Kier molecular flexibility index (Phi) is 5.49. The highest BCUT2D eigenvalue weighted by molar-refractivity contribution is 4.91. The molecule has 3 heteroatoms. The van der Waals surface area contributed by atoms with E-state index in [1.165, 1.54) is 45.4 Å². The summed E-state index contributed by atoms with van der Waals surface area (Å²) in [6, 6.07) is 2.12. The quantitative estimate of drug-likeness (QED) is 0.835. The van der Waals surface area contributed by atoms with Crippen LogP contribution in [0.2, 0.25) is 0 Å². The molecule has 0 aromatic heterocycles. The van der Waals surface area contributed by atoms with Gasteiger partial charge in [0.25, 0.3) is 0 Å². The summed E-state index contributed by atoms with van der Waals surface area (Å²) in [6.07, 6.45) is 4.25. The van der Waals surface area contributed by atoms with Gasteiger partial charge in [0.2, 0.25) is 0 Å². The van der Waals surface area contributed by atoms with Gasteiger partial charge in [-0.05, 0) is 31.7 Å². The first-order valence-electron chi connectivity index (χ1n) is 8.59. The van der Waals surface area contributed by atoms with Gasteiger partial charge in [-0.25, -0.2) is 0 Å². The molecule has 2 atom stereocenters. The van der Waals surface area contributed by atoms with Crippen molar-refractivity contribution in [2.45, 2.75) is 72.0 Å². The molecule has 2 aliphatic rings. The summed E-state index contributed by atoms with van der Waals surface area (Å²) in [4.78, 5) is 5.48. The van der Waals surface area contributed by atoms with Crippen molar-refractivity contribution in [3.05, 3.63) is 0 Å². The van der Waals surface area contributed by atoms with Crippen molar-refractivity contribution in [2.24, 2.45) is 5.41 Å². The molecule has 2 unspecified atom stereocenters. The van der Waals surface area contributed by atoms with Crippen LogP contribution >= 0.6 is 0 Å². The lowest BCUT2D eigenvalue weighted by molar-refractivity contribution is -0.00203. The molecular formula is C17H35N3. The zero-order valence-corrected chi connectivity index (χ0v) is 14.3. The Morgan fingerprint density at radius 3 is 2.65 bits per heavy atom. The fourth-order valence-corrected chi connectivity index (χ4v) is 3.72. The molecule has 20 heavy (non-hydrogen) atoms. The van der Waals surface area contributed by atoms with E-state index >= 15 is 0 Å². The van der Waals surface area contributed by atoms with E-state index in [4.69, 9.17) is 0 Å². The Morgan fingerprint density at radius 2 is 1.95 bits per heavy atom. The maximum Gasteiger partial charge on any atom is 0.0223 e. The van der Waals surface area contributed by atoms with E-state index in [1.807, 2.05) is 0 Å². The van der Waals surface area contributed by atoms with Crippen molar-refractivity contribution in [3.63, 3.8) is 0 Å². The third-order valence-electron chi connectivity index (χ3n) is 4.94. The highest BCUT2D eigenvalue weighted by atomic mass is 15.3. The molecule has 0 radical (unpaired) electrons. The molecule has 0 bridgehead atoms. The average Bonchev–Trinajstić information content (AvgIpc) is 2.37. The lowest BCUT2D eigenvalue weighted by Crippen LogP contribution is -2.60. The van der Waals surface area contributed by atoms with Crippen LogP contribution in [0.4, 0.5) is 0 Å². The number of rotatable bonds is 5. The molecule has 0 saturated carbocycles. The molecule has 2 fully saturated rings. The summed E-state index contributed by atoms with van der Waals surface area (Å²) in [5.41, 5.74) is 0.357. The van der Waals surface area contributed by atoms with Gasteiger partial charge in [-0.15, -0.1) is 0 Å². The molecule has 2 saturated heterocycles. The lowest BCUT2D eigenvalue weighted by Gasteiger charge is -2.49. The molecule has 0 aliphatic carbocycles. The summed E-state index contributed by atoms with van der Waals surface area (Å²) < 4.78 is 0. The molecule has 0 amide bonds. The van der Waals surface area contributed by atoms with Gasteiger partial charge in [0.05, 0.1) is 0 Å². The normalized spacial score (nSPS) is 29.7. The van der Waals surface area contributed by atoms with Crippen LogP contribution in [-0.4, -0.2) is 60.6 Å². The molecular weight excluding hydrogens is 246 g/mol. The maximum absolute atomic E-state index is 3.61. The van der Waals surface area contributed by atoms with Crippen LogP contribution in [0.3, 0.4) is 0 Å². The number of fused-ring (bicyclic) bond motifs is 1. The highest BCUT2D eigenvalue weighted by Crippen LogP contribution is 2.26. The Hall–Kier alpha value is -0.120. The van der Waals surface area contributed by atoms with Gasteiger partial charge in [0, 0.05) is 44.3 Å². The second kappa shape index (κ2) is 6.76. The van der Waals surface area contributed by atoms with Gasteiger partial charge in [0.15, 0.2) is 0 Å². The second-order valence-electron chi connectivity index (χ2n) is 8.12. The van der Waals surface area contributed by atoms with E-state index < -0.39 is 0 Å². The maximum atomic E-state index is 3.61. The Balaban J connectivity index is 1.87. The standard InChI is InChI=1S/C17H35N3/c1-14(2)18-12-17(4,5)13-20-11-16-8-6-7-9-19(16)10-15(20)3/h14-16,18H,6-13H2,1-5H3. The third kappa shape index (κ3) is 4.44. The first-order valence-corrected chi connectivity index (χ1v) is 8.59. The molecule has 2 heterocycles. The molecule has 0 aromatic carbocycles. The predicted octanol–water partition coefficient (Wildman–Crippen LogP) is 2.57. The summed E-state index contributed by atoms with van der Waals surface area (Å²) in [5, 5.41) is 3.61. The van der Waals surface area contributed by atoms with Crippen LogP contribution in [0, 0.1) is 5.41 Å². The second-order valence-corrected chi connectivity index (χ2v) is 8.12. The van der Waals surface area contributed by atoms with E-state index in [9.17, 15) is 0 Å². The summed E-state index contributed by atoms with van der Waals surface area (Å²) >= 11 is 0. The molecule has 2 aliphatic heterocycles. The first-order chi connectivity index (χ1) is 9.37. The summed E-state index contributed by atoms with van der Waals surface area (Å²) in [6.45, 7) is 17.9. The number of piperazine rings is 1. The van der Waals surface area contributed by atoms with Crippen LogP contribution in [0.1, 0.15) is 53.9 Å². The minimum atomic E-state index is 0.357. The molecule has 1 N–H and O–H groups in total. The molecule has 3 nitrogen and oxygen atoms in total. The number of nitrogens with zero attached hydrogens (tertiary/aromatic N) is 2. The Bertz CT molecular complexity index is 301. The van der Waals surface area contributed by atoms with Crippen molar-refractivity contribution < 1.29 is 0 Å². The van der Waals surface area contributed by atoms with Crippen molar-refractivity contribution >= 4 is 0 Å². The van der Waals surface area contributed by atoms with Gasteiger partial charge in [-0.2, -0.15) is 0 Å². The minimum absolute atomic E-state index is 0.357. The average molecular weight is 281 g/mol. The van der Waals surface area contributed by atoms with Crippen molar-refractivity contribution in [3.8, 4) is 0 Å². The highest BCUT2D eigenvalue weighted by Gasteiger charge is 2.35. The first kappa shape index (κ1) is 16.3. The van der Waals surface area contributed by atoms with Crippen LogP contribution < -0.4 is 5.32 Å². The fraction of sp³-hybridized carbons (Fsp3) is 1.00. The van der Waals surface area contributed by atoms with Gasteiger partial charge >= 0.3 is 0 Å².